The van der Waals surface area contributed by atoms with Crippen molar-refractivity contribution in [3.05, 3.63) is 35.1 Å². The minimum Gasteiger partial charge on any atom is -0.334 e. The number of hydrogen-bond acceptors (Lipinski definition) is 1. The molecule has 1 aromatic rings. The Balaban J connectivity index is 2.08. The number of quaternary nitrogens is 1. The Labute approximate surface area is 140 Å². The molecular formula is C15H21Cl2FN3O+. The minimum absolute atomic E-state index is 0.218. The van der Waals surface area contributed by atoms with Crippen LogP contribution in [0.25, 0.3) is 0 Å². The zero-order valence-corrected chi connectivity index (χ0v) is 14.2. The summed E-state index contributed by atoms with van der Waals surface area (Å²) < 4.78 is 13.7. The standard InChI is InChI=1S/C15H20Cl2FN3O/c1-10-3-4-11(9-12(10)18)13(14(16)17)19-15(22)21-7-5-20(2)6-8-21/h3-4,9,13-14H,5-8H2,1-2H3,(H,19,22)/p+1/t13-/m0/s1. The maximum atomic E-state index is 13.7. The van der Waals surface area contributed by atoms with Crippen LogP contribution in [0.5, 0.6) is 0 Å². The molecule has 122 valence electrons. The number of piperazine rings is 1. The zero-order valence-electron chi connectivity index (χ0n) is 12.7. The third-order valence-corrected chi connectivity index (χ3v) is 4.49. The van der Waals surface area contributed by atoms with Crippen molar-refractivity contribution in [1.29, 1.82) is 0 Å². The fourth-order valence-corrected chi connectivity index (χ4v) is 2.83. The average molecular weight is 349 g/mol. The molecule has 0 spiro atoms. The smallest absolute Gasteiger partial charge is 0.318 e. The largest absolute Gasteiger partial charge is 0.334 e. The van der Waals surface area contributed by atoms with Crippen LogP contribution >= 0.6 is 23.2 Å². The van der Waals surface area contributed by atoms with E-state index in [2.05, 4.69) is 12.4 Å². The Bertz CT molecular complexity index is 534. The number of aryl methyl sites for hydroxylation is 1. The summed E-state index contributed by atoms with van der Waals surface area (Å²) in [6, 6.07) is 3.89. The third-order valence-electron chi connectivity index (χ3n) is 3.99. The van der Waals surface area contributed by atoms with E-state index in [0.717, 1.165) is 13.1 Å². The Kier molecular flexibility index (Phi) is 5.89. The number of nitrogens with zero attached hydrogens (tertiary/aromatic N) is 1. The van der Waals surface area contributed by atoms with Gasteiger partial charge in [0.25, 0.3) is 0 Å². The zero-order chi connectivity index (χ0) is 16.3. The van der Waals surface area contributed by atoms with Crippen molar-refractivity contribution in [2.75, 3.05) is 33.2 Å². The highest BCUT2D eigenvalue weighted by atomic mass is 35.5. The van der Waals surface area contributed by atoms with Crippen LogP contribution in [-0.4, -0.2) is 49.0 Å². The molecule has 0 saturated carbocycles. The summed E-state index contributed by atoms with van der Waals surface area (Å²) in [5.41, 5.74) is 1.10. The van der Waals surface area contributed by atoms with Crippen LogP contribution in [0.15, 0.2) is 18.2 Å². The molecule has 2 amide bonds. The first-order chi connectivity index (χ1) is 10.4. The van der Waals surface area contributed by atoms with Gasteiger partial charge in [0.1, 0.15) is 10.7 Å². The molecule has 1 fully saturated rings. The summed E-state index contributed by atoms with van der Waals surface area (Å²) in [4.78, 5) is 14.6. The van der Waals surface area contributed by atoms with E-state index in [1.54, 1.807) is 24.0 Å². The molecule has 1 saturated heterocycles. The van der Waals surface area contributed by atoms with E-state index in [9.17, 15) is 9.18 Å². The molecule has 4 nitrogen and oxygen atoms in total. The number of likely N-dealkylation sites (N-methyl/N-ethyl adjacent to an activating group) is 1. The van der Waals surface area contributed by atoms with Gasteiger partial charge >= 0.3 is 6.03 Å². The van der Waals surface area contributed by atoms with Gasteiger partial charge in [-0.15, -0.1) is 23.2 Å². The predicted molar refractivity (Wildman–Crippen MR) is 86.1 cm³/mol. The molecule has 0 bridgehead atoms. The van der Waals surface area contributed by atoms with Gasteiger partial charge in [0, 0.05) is 0 Å². The molecule has 0 aromatic heterocycles. The van der Waals surface area contributed by atoms with E-state index in [-0.39, 0.29) is 11.8 Å². The van der Waals surface area contributed by atoms with E-state index in [4.69, 9.17) is 23.2 Å². The number of benzene rings is 1. The summed E-state index contributed by atoms with van der Waals surface area (Å²) in [7, 11) is 2.10. The number of urea groups is 1. The number of hydrogen-bond donors (Lipinski definition) is 2. The number of carbonyl (C=O) groups is 1. The molecule has 1 aliphatic rings. The van der Waals surface area contributed by atoms with Crippen LogP contribution in [0.3, 0.4) is 0 Å². The normalized spacial score (nSPS) is 17.6. The molecule has 1 aromatic carbocycles. The summed E-state index contributed by atoms with van der Waals surface area (Å²) in [6.45, 7) is 4.85. The molecular weight excluding hydrogens is 328 g/mol. The van der Waals surface area contributed by atoms with Crippen molar-refractivity contribution in [3.8, 4) is 0 Å². The maximum absolute atomic E-state index is 13.7. The molecule has 2 rings (SSSR count). The van der Waals surface area contributed by atoms with Gasteiger partial charge in [-0.3, -0.25) is 0 Å². The Hall–Kier alpha value is -1.04. The number of alkyl halides is 2. The van der Waals surface area contributed by atoms with Crippen LogP contribution < -0.4 is 10.2 Å². The lowest BCUT2D eigenvalue weighted by Crippen LogP contribution is -3.12. The fourth-order valence-electron chi connectivity index (χ4n) is 2.41. The Morgan fingerprint density at radius 1 is 1.36 bits per heavy atom. The summed E-state index contributed by atoms with van der Waals surface area (Å²) >= 11 is 12.0. The van der Waals surface area contributed by atoms with Crippen molar-refractivity contribution in [1.82, 2.24) is 10.2 Å². The molecule has 1 aliphatic heterocycles. The van der Waals surface area contributed by atoms with Crippen LogP contribution in [0.1, 0.15) is 17.2 Å². The maximum Gasteiger partial charge on any atom is 0.318 e. The first kappa shape index (κ1) is 17.3. The molecule has 0 radical (unpaired) electrons. The highest BCUT2D eigenvalue weighted by molar-refractivity contribution is 6.44. The van der Waals surface area contributed by atoms with E-state index in [0.29, 0.717) is 24.2 Å². The summed E-state index contributed by atoms with van der Waals surface area (Å²) in [6.07, 6.45) is 0. The van der Waals surface area contributed by atoms with Crippen molar-refractivity contribution < 1.29 is 14.1 Å². The number of rotatable bonds is 3. The second-order valence-electron chi connectivity index (χ2n) is 5.71. The van der Waals surface area contributed by atoms with Gasteiger partial charge in [0.2, 0.25) is 0 Å². The molecule has 22 heavy (non-hydrogen) atoms. The van der Waals surface area contributed by atoms with E-state index < -0.39 is 10.9 Å². The highest BCUT2D eigenvalue weighted by Crippen LogP contribution is 2.26. The molecule has 0 aliphatic carbocycles. The first-order valence-corrected chi connectivity index (χ1v) is 8.16. The van der Waals surface area contributed by atoms with E-state index in [1.807, 2.05) is 0 Å². The second kappa shape index (κ2) is 7.49. The number of nitrogens with one attached hydrogen (secondary N) is 2. The molecule has 2 N–H and O–H groups in total. The van der Waals surface area contributed by atoms with Crippen molar-refractivity contribution in [2.45, 2.75) is 17.8 Å². The van der Waals surface area contributed by atoms with E-state index in [1.165, 1.54) is 11.0 Å². The van der Waals surface area contributed by atoms with Gasteiger partial charge < -0.3 is 15.1 Å². The SMILES string of the molecule is Cc1ccc([C@H](NC(=O)N2CC[NH+](C)CC2)C(Cl)Cl)cc1F. The minimum atomic E-state index is -0.857. The van der Waals surface area contributed by atoms with Gasteiger partial charge in [-0.2, -0.15) is 0 Å². The lowest BCUT2D eigenvalue weighted by molar-refractivity contribution is -0.883. The molecule has 0 unspecified atom stereocenters. The average Bonchev–Trinajstić information content (AvgIpc) is 2.48. The quantitative estimate of drug-likeness (QED) is 0.798. The molecule has 1 atom stereocenters. The van der Waals surface area contributed by atoms with Gasteiger partial charge in [0.15, 0.2) is 0 Å². The molecule has 7 heteroatoms. The van der Waals surface area contributed by atoms with Gasteiger partial charge in [-0.25, -0.2) is 9.18 Å². The number of carbonyl (C=O) groups excluding carboxylic acids is 1. The van der Waals surface area contributed by atoms with Crippen molar-refractivity contribution in [2.24, 2.45) is 0 Å². The van der Waals surface area contributed by atoms with Crippen LogP contribution in [0.4, 0.5) is 9.18 Å². The summed E-state index contributed by atoms with van der Waals surface area (Å²) in [5, 5.41) is 2.81. The Morgan fingerprint density at radius 3 is 2.55 bits per heavy atom. The molecule has 1 heterocycles. The van der Waals surface area contributed by atoms with E-state index >= 15 is 0 Å². The van der Waals surface area contributed by atoms with Crippen LogP contribution in [-0.2, 0) is 0 Å². The fraction of sp³-hybridized carbons (Fsp3) is 0.533. The third kappa shape index (κ3) is 4.24. The Morgan fingerprint density at radius 2 is 2.00 bits per heavy atom. The topological polar surface area (TPSA) is 36.8 Å². The monoisotopic (exact) mass is 348 g/mol. The van der Waals surface area contributed by atoms with Gasteiger partial charge in [0.05, 0.1) is 39.3 Å². The van der Waals surface area contributed by atoms with Crippen molar-refractivity contribution >= 4 is 29.2 Å². The summed E-state index contributed by atoms with van der Waals surface area (Å²) in [5.74, 6) is -0.339. The highest BCUT2D eigenvalue weighted by Gasteiger charge is 2.27. The van der Waals surface area contributed by atoms with Crippen molar-refractivity contribution in [3.63, 3.8) is 0 Å². The van der Waals surface area contributed by atoms with Gasteiger partial charge in [-0.1, -0.05) is 12.1 Å². The predicted octanol–water partition coefficient (Wildman–Crippen LogP) is 1.52. The lowest BCUT2D eigenvalue weighted by Gasteiger charge is -2.32. The first-order valence-electron chi connectivity index (χ1n) is 7.29. The lowest BCUT2D eigenvalue weighted by atomic mass is 10.1. The number of amides is 2. The van der Waals surface area contributed by atoms with Crippen LogP contribution in [0, 0.1) is 12.7 Å². The number of halogens is 3. The van der Waals surface area contributed by atoms with Crippen LogP contribution in [0.2, 0.25) is 0 Å². The second-order valence-corrected chi connectivity index (χ2v) is 6.88. The van der Waals surface area contributed by atoms with Gasteiger partial charge in [-0.05, 0) is 24.1 Å².